The molecule has 2 atom stereocenters. The Morgan fingerprint density at radius 3 is 3.00 bits per heavy atom. The maximum absolute atomic E-state index is 13.9. The smallest absolute Gasteiger partial charge is 0.331 e. The second kappa shape index (κ2) is 5.01. The minimum Gasteiger partial charge on any atom is -0.467 e. The molecule has 2 aliphatic carbocycles. The van der Waals surface area contributed by atoms with Crippen molar-refractivity contribution in [3.05, 3.63) is 11.9 Å². The lowest BCUT2D eigenvalue weighted by atomic mass is 10.00. The van der Waals surface area contributed by atoms with Crippen molar-refractivity contribution in [1.82, 2.24) is 15.0 Å². The molecule has 0 aliphatic heterocycles. The van der Waals surface area contributed by atoms with Crippen LogP contribution in [0.5, 0.6) is 0 Å². The topological polar surface area (TPSA) is 66.2 Å². The number of carbonyl (C=O) groups is 1. The number of hydrogen-bond acceptors (Lipinski definition) is 5. The number of ether oxygens (including phenoxy) is 2. The fourth-order valence-electron chi connectivity index (χ4n) is 3.19. The van der Waals surface area contributed by atoms with Gasteiger partial charge in [-0.3, -0.25) is 4.68 Å². The third-order valence-electron chi connectivity index (χ3n) is 4.49. The van der Waals surface area contributed by atoms with Gasteiger partial charge in [0, 0.05) is 6.42 Å². The maximum atomic E-state index is 13.9. The molecule has 0 bridgehead atoms. The van der Waals surface area contributed by atoms with Crippen molar-refractivity contribution >= 4 is 5.97 Å². The molecule has 0 saturated heterocycles. The van der Waals surface area contributed by atoms with Gasteiger partial charge in [-0.1, -0.05) is 5.21 Å². The van der Waals surface area contributed by atoms with Crippen molar-refractivity contribution in [2.75, 3.05) is 13.7 Å². The summed E-state index contributed by atoms with van der Waals surface area (Å²) in [6.07, 6.45) is 2.72. The Hall–Kier alpha value is -1.57. The molecule has 6 nitrogen and oxygen atoms in total. The van der Waals surface area contributed by atoms with Gasteiger partial charge in [0.1, 0.15) is 12.3 Å². The van der Waals surface area contributed by atoms with E-state index >= 15 is 0 Å². The van der Waals surface area contributed by atoms with Crippen molar-refractivity contribution in [1.29, 1.82) is 0 Å². The predicted octanol–water partition coefficient (Wildman–Crippen LogP) is 1.40. The van der Waals surface area contributed by atoms with Gasteiger partial charge in [-0.2, -0.15) is 0 Å². The number of rotatable bonds is 6. The Balaban J connectivity index is 1.55. The lowest BCUT2D eigenvalue weighted by Gasteiger charge is -2.22. The van der Waals surface area contributed by atoms with Gasteiger partial charge in [-0.15, -0.1) is 5.10 Å². The van der Waals surface area contributed by atoms with E-state index < -0.39 is 17.3 Å². The van der Waals surface area contributed by atoms with E-state index in [9.17, 15) is 13.6 Å². The van der Waals surface area contributed by atoms with Crippen molar-refractivity contribution in [2.45, 2.75) is 38.3 Å². The van der Waals surface area contributed by atoms with Crippen LogP contribution in [-0.4, -0.2) is 40.6 Å². The highest BCUT2D eigenvalue weighted by Gasteiger charge is 2.73. The van der Waals surface area contributed by atoms with Crippen LogP contribution in [0.3, 0.4) is 0 Å². The molecule has 0 unspecified atom stereocenters. The van der Waals surface area contributed by atoms with E-state index in [1.165, 1.54) is 11.8 Å². The Morgan fingerprint density at radius 2 is 2.38 bits per heavy atom. The first-order valence-corrected chi connectivity index (χ1v) is 6.88. The van der Waals surface area contributed by atoms with E-state index in [0.717, 1.165) is 0 Å². The summed E-state index contributed by atoms with van der Waals surface area (Å²) in [4.78, 5) is 10.9. The van der Waals surface area contributed by atoms with Crippen LogP contribution in [0.2, 0.25) is 0 Å². The number of carbonyl (C=O) groups excluding carboxylic acids is 1. The van der Waals surface area contributed by atoms with Gasteiger partial charge in [-0.25, -0.2) is 13.6 Å². The minimum absolute atomic E-state index is 0.0263. The Morgan fingerprint density at radius 1 is 1.57 bits per heavy atom. The summed E-state index contributed by atoms with van der Waals surface area (Å²) in [5, 5.41) is 7.74. The third-order valence-corrected chi connectivity index (χ3v) is 4.49. The van der Waals surface area contributed by atoms with Crippen LogP contribution in [-0.2, 0) is 27.4 Å². The van der Waals surface area contributed by atoms with Gasteiger partial charge >= 0.3 is 5.97 Å². The summed E-state index contributed by atoms with van der Waals surface area (Å²) in [6, 6.07) is 0. The highest BCUT2D eigenvalue weighted by Crippen LogP contribution is 2.71. The number of nitrogens with zero attached hydrogens (tertiary/aromatic N) is 3. The molecule has 0 N–H and O–H groups in total. The zero-order chi connectivity index (χ0) is 15.1. The summed E-state index contributed by atoms with van der Waals surface area (Å²) < 4.78 is 38.8. The van der Waals surface area contributed by atoms with Crippen molar-refractivity contribution in [3.63, 3.8) is 0 Å². The summed E-state index contributed by atoms with van der Waals surface area (Å²) >= 11 is 0. The molecule has 2 fully saturated rings. The second-order valence-electron chi connectivity index (χ2n) is 5.78. The summed E-state index contributed by atoms with van der Waals surface area (Å²) in [5.41, 5.74) is -0.418. The van der Waals surface area contributed by atoms with E-state index in [-0.39, 0.29) is 32.1 Å². The monoisotopic (exact) mass is 301 g/mol. The van der Waals surface area contributed by atoms with Gasteiger partial charge in [-0.05, 0) is 18.8 Å². The molecule has 8 heteroatoms. The third kappa shape index (κ3) is 2.52. The van der Waals surface area contributed by atoms with Gasteiger partial charge in [0.25, 0.3) is 5.92 Å². The molecule has 0 amide bonds. The average Bonchev–Trinajstić information content (AvgIpc) is 2.89. The van der Waals surface area contributed by atoms with Crippen LogP contribution in [0.4, 0.5) is 8.78 Å². The minimum atomic E-state index is -2.61. The molecule has 1 aromatic rings. The van der Waals surface area contributed by atoms with Crippen LogP contribution in [0.25, 0.3) is 0 Å². The van der Waals surface area contributed by atoms with Gasteiger partial charge < -0.3 is 9.47 Å². The van der Waals surface area contributed by atoms with Crippen LogP contribution in [0.15, 0.2) is 6.20 Å². The lowest BCUT2D eigenvalue weighted by molar-refractivity contribution is -0.146. The van der Waals surface area contributed by atoms with E-state index in [4.69, 9.17) is 4.74 Å². The summed E-state index contributed by atoms with van der Waals surface area (Å²) in [5.74, 6) is -2.98. The molecule has 0 spiro atoms. The number of alkyl halides is 2. The molecular formula is C13H17F2N3O3. The molecule has 0 aromatic carbocycles. The molecule has 1 heterocycles. The van der Waals surface area contributed by atoms with Crippen LogP contribution in [0.1, 0.15) is 25.0 Å². The van der Waals surface area contributed by atoms with E-state index in [1.54, 1.807) is 6.20 Å². The van der Waals surface area contributed by atoms with Gasteiger partial charge in [0.2, 0.25) is 0 Å². The number of methoxy groups -OCH3 is 1. The molecule has 2 saturated carbocycles. The predicted molar refractivity (Wildman–Crippen MR) is 66.4 cm³/mol. The number of halogens is 2. The van der Waals surface area contributed by atoms with Crippen LogP contribution in [0, 0.1) is 11.3 Å². The van der Waals surface area contributed by atoms with Crippen LogP contribution < -0.4 is 0 Å². The molecular weight excluding hydrogens is 284 g/mol. The number of fused-ring (bicyclic) bond motifs is 1. The average molecular weight is 301 g/mol. The van der Waals surface area contributed by atoms with Crippen molar-refractivity contribution < 1.29 is 23.0 Å². The Kier molecular flexibility index (Phi) is 3.43. The zero-order valence-electron chi connectivity index (χ0n) is 11.7. The normalized spacial score (nSPS) is 29.2. The first kappa shape index (κ1) is 14.4. The maximum Gasteiger partial charge on any atom is 0.331 e. The molecule has 2 aliphatic rings. The first-order valence-electron chi connectivity index (χ1n) is 6.88. The zero-order valence-corrected chi connectivity index (χ0v) is 11.7. The van der Waals surface area contributed by atoms with E-state index in [2.05, 4.69) is 15.0 Å². The highest BCUT2D eigenvalue weighted by molar-refractivity contribution is 5.70. The highest BCUT2D eigenvalue weighted by atomic mass is 19.3. The summed E-state index contributed by atoms with van der Waals surface area (Å²) in [7, 11) is 1.27. The van der Waals surface area contributed by atoms with Gasteiger partial charge in [0.15, 0.2) is 0 Å². The second-order valence-corrected chi connectivity index (χ2v) is 5.78. The lowest BCUT2D eigenvalue weighted by Crippen LogP contribution is -2.31. The quantitative estimate of drug-likeness (QED) is 0.743. The Labute approximate surface area is 120 Å². The molecule has 1 aromatic heterocycles. The standard InChI is InChI=1S/C13H17F2N3O3/c1-20-11(19)7-21-6-10-5-18(17-16-10)8-12-4-9(12)2-3-13(12,14)15/h5,9H,2-4,6-8H2,1H3/t9-,12-/m1/s1. The SMILES string of the molecule is COC(=O)COCc1cn(C[C@]23C[C@H]2CCC3(F)F)nn1. The first-order chi connectivity index (χ1) is 9.97. The van der Waals surface area contributed by atoms with Crippen molar-refractivity contribution in [3.8, 4) is 0 Å². The fraction of sp³-hybridized carbons (Fsp3) is 0.769. The summed E-state index contributed by atoms with van der Waals surface area (Å²) in [6.45, 7) is 0.115. The molecule has 116 valence electrons. The fourth-order valence-corrected chi connectivity index (χ4v) is 3.19. The van der Waals surface area contributed by atoms with Crippen molar-refractivity contribution in [2.24, 2.45) is 11.3 Å². The van der Waals surface area contributed by atoms with E-state index in [0.29, 0.717) is 18.5 Å². The Bertz CT molecular complexity index is 549. The van der Waals surface area contributed by atoms with Crippen LogP contribution >= 0.6 is 0 Å². The molecule has 21 heavy (non-hydrogen) atoms. The number of hydrogen-bond donors (Lipinski definition) is 0. The number of esters is 1. The largest absolute Gasteiger partial charge is 0.467 e. The molecule has 3 rings (SSSR count). The number of aromatic nitrogens is 3. The molecule has 0 radical (unpaired) electrons. The van der Waals surface area contributed by atoms with E-state index in [1.807, 2.05) is 0 Å². The van der Waals surface area contributed by atoms with Gasteiger partial charge in [0.05, 0.1) is 31.9 Å².